The van der Waals surface area contributed by atoms with Crippen LogP contribution in [0.4, 0.5) is 0 Å². The van der Waals surface area contributed by atoms with E-state index in [4.69, 9.17) is 0 Å². The smallest absolute Gasteiger partial charge is 0.0823 e. The van der Waals surface area contributed by atoms with Crippen LogP contribution in [0.3, 0.4) is 0 Å². The predicted molar refractivity (Wildman–Crippen MR) is 139 cm³/mol. The Morgan fingerprint density at radius 1 is 1.03 bits per heavy atom. The van der Waals surface area contributed by atoms with Crippen molar-refractivity contribution in [3.8, 4) is 0 Å². The summed E-state index contributed by atoms with van der Waals surface area (Å²) in [6, 6.07) is 0. The highest BCUT2D eigenvalue weighted by molar-refractivity contribution is 5.38. The second-order valence-electron chi connectivity index (χ2n) is 14.3. The Morgan fingerprint density at radius 2 is 1.70 bits per heavy atom. The molecule has 0 heterocycles. The van der Waals surface area contributed by atoms with Crippen LogP contribution in [0.1, 0.15) is 120 Å². The summed E-state index contributed by atoms with van der Waals surface area (Å²) in [6.07, 6.45) is 11.5. The molecular weight excluding hydrogens is 404 g/mol. The second kappa shape index (κ2) is 7.95. The molecule has 0 amide bonds. The van der Waals surface area contributed by atoms with E-state index in [9.17, 15) is 10.2 Å². The Labute approximate surface area is 204 Å². The fraction of sp³-hybridized carbons (Fsp3) is 0.871. The lowest BCUT2D eigenvalue weighted by Gasteiger charge is -2.62. The fourth-order valence-corrected chi connectivity index (χ4v) is 9.55. The van der Waals surface area contributed by atoms with Crippen molar-refractivity contribution < 1.29 is 10.2 Å². The SMILES string of the molecule is C=C(C)[C@](C)(O)CC[C@H](C)[C@@H]1CC[C@]2(C)C3=C(CC[C@@]12C)[C@@]1(C)CC[C@H](O)C(C)(C)[C@@H]1CC3. The van der Waals surface area contributed by atoms with E-state index in [0.717, 1.165) is 37.2 Å². The second-order valence-corrected chi connectivity index (χ2v) is 14.3. The van der Waals surface area contributed by atoms with Gasteiger partial charge < -0.3 is 10.2 Å². The lowest BCUT2D eigenvalue weighted by molar-refractivity contribution is -0.0963. The van der Waals surface area contributed by atoms with Crippen molar-refractivity contribution in [3.05, 3.63) is 23.3 Å². The van der Waals surface area contributed by atoms with Crippen LogP contribution >= 0.6 is 0 Å². The largest absolute Gasteiger partial charge is 0.393 e. The molecule has 0 unspecified atom stereocenters. The molecule has 0 saturated heterocycles. The number of allylic oxidation sites excluding steroid dienone is 2. The van der Waals surface area contributed by atoms with Gasteiger partial charge in [-0.15, -0.1) is 0 Å². The van der Waals surface area contributed by atoms with Crippen LogP contribution in [0.2, 0.25) is 0 Å². The average Bonchev–Trinajstić information content (AvgIpc) is 3.01. The third-order valence-corrected chi connectivity index (χ3v) is 12.5. The monoisotopic (exact) mass is 456 g/mol. The van der Waals surface area contributed by atoms with Gasteiger partial charge in [-0.1, -0.05) is 59.3 Å². The zero-order valence-corrected chi connectivity index (χ0v) is 23.0. The molecule has 0 radical (unpaired) electrons. The maximum Gasteiger partial charge on any atom is 0.0823 e. The van der Waals surface area contributed by atoms with E-state index in [1.165, 1.54) is 38.5 Å². The van der Waals surface area contributed by atoms with Gasteiger partial charge in [-0.25, -0.2) is 0 Å². The van der Waals surface area contributed by atoms with Crippen LogP contribution in [0, 0.1) is 39.4 Å². The Hall–Kier alpha value is -0.600. The van der Waals surface area contributed by atoms with Gasteiger partial charge in [0.15, 0.2) is 0 Å². The molecule has 0 spiro atoms. The maximum absolute atomic E-state index is 10.8. The molecule has 2 saturated carbocycles. The number of hydrogen-bond acceptors (Lipinski definition) is 2. The minimum atomic E-state index is -0.745. The van der Waals surface area contributed by atoms with Crippen molar-refractivity contribution in [3.63, 3.8) is 0 Å². The van der Waals surface area contributed by atoms with Crippen molar-refractivity contribution >= 4 is 0 Å². The first-order valence-corrected chi connectivity index (χ1v) is 13.9. The molecule has 0 aromatic carbocycles. The van der Waals surface area contributed by atoms with E-state index in [0.29, 0.717) is 22.7 Å². The molecule has 4 aliphatic carbocycles. The predicted octanol–water partition coefficient (Wildman–Crippen LogP) is 7.84. The summed E-state index contributed by atoms with van der Waals surface area (Å²) >= 11 is 0. The molecule has 2 nitrogen and oxygen atoms in total. The first-order chi connectivity index (χ1) is 15.1. The summed E-state index contributed by atoms with van der Waals surface area (Å²) in [5, 5.41) is 21.6. The van der Waals surface area contributed by atoms with Crippen LogP contribution in [-0.2, 0) is 0 Å². The number of hydrogen-bond donors (Lipinski definition) is 2. The lowest BCUT2D eigenvalue weighted by atomic mass is 9.43. The highest BCUT2D eigenvalue weighted by Gasteiger charge is 2.63. The molecule has 0 bridgehead atoms. The Morgan fingerprint density at radius 3 is 2.33 bits per heavy atom. The van der Waals surface area contributed by atoms with E-state index in [-0.39, 0.29) is 16.9 Å². The summed E-state index contributed by atoms with van der Waals surface area (Å²) < 4.78 is 0. The first kappa shape index (κ1) is 25.5. The summed E-state index contributed by atoms with van der Waals surface area (Å²) in [5.74, 6) is 1.95. The lowest BCUT2D eigenvalue weighted by Crippen LogP contribution is -2.55. The molecule has 0 aromatic heterocycles. The zero-order chi connectivity index (χ0) is 24.6. The van der Waals surface area contributed by atoms with Crippen LogP contribution in [0.25, 0.3) is 0 Å². The summed E-state index contributed by atoms with van der Waals surface area (Å²) in [4.78, 5) is 0. The van der Waals surface area contributed by atoms with E-state index < -0.39 is 5.60 Å². The number of aliphatic hydroxyl groups excluding tert-OH is 1. The molecule has 2 heteroatoms. The molecule has 33 heavy (non-hydrogen) atoms. The normalized spacial score (nSPS) is 45.0. The van der Waals surface area contributed by atoms with Gasteiger partial charge in [0.1, 0.15) is 0 Å². The highest BCUT2D eigenvalue weighted by atomic mass is 16.3. The average molecular weight is 457 g/mol. The van der Waals surface area contributed by atoms with Gasteiger partial charge in [0.2, 0.25) is 0 Å². The molecular formula is C31H52O2. The topological polar surface area (TPSA) is 40.5 Å². The number of aliphatic hydroxyl groups is 2. The van der Waals surface area contributed by atoms with Gasteiger partial charge in [-0.3, -0.25) is 0 Å². The summed E-state index contributed by atoms with van der Waals surface area (Å²) in [5.41, 5.74) is 4.71. The minimum Gasteiger partial charge on any atom is -0.393 e. The third-order valence-electron chi connectivity index (χ3n) is 12.5. The Kier molecular flexibility index (Phi) is 6.14. The van der Waals surface area contributed by atoms with Crippen LogP contribution in [-0.4, -0.2) is 21.9 Å². The molecule has 4 rings (SSSR count). The van der Waals surface area contributed by atoms with Gasteiger partial charge >= 0.3 is 0 Å². The Bertz CT molecular complexity index is 834. The van der Waals surface area contributed by atoms with Gasteiger partial charge in [-0.2, -0.15) is 0 Å². The van der Waals surface area contributed by atoms with E-state index in [2.05, 4.69) is 48.1 Å². The first-order valence-electron chi connectivity index (χ1n) is 13.9. The zero-order valence-electron chi connectivity index (χ0n) is 23.0. The van der Waals surface area contributed by atoms with Gasteiger partial charge in [-0.05, 0) is 123 Å². The van der Waals surface area contributed by atoms with Gasteiger partial charge in [0, 0.05) is 0 Å². The standard InChI is InChI=1S/C31H52O2/c1-20(2)31(9,33)19-12-21(3)22-13-17-30(8)24-10-11-25-27(4,5)26(32)15-16-28(25,6)23(24)14-18-29(22,30)7/h21-22,25-26,32-33H,1,10-19H2,2-9H3/t21-,22-,25-,26-,28+,29-,30+,31+/m0/s1. The van der Waals surface area contributed by atoms with E-state index in [1.54, 1.807) is 5.57 Å². The van der Waals surface area contributed by atoms with Crippen LogP contribution in [0.15, 0.2) is 23.3 Å². The van der Waals surface area contributed by atoms with Crippen molar-refractivity contribution in [1.82, 2.24) is 0 Å². The highest BCUT2D eigenvalue weighted by Crippen LogP contribution is 2.72. The van der Waals surface area contributed by atoms with Crippen molar-refractivity contribution in [2.45, 2.75) is 131 Å². The fourth-order valence-electron chi connectivity index (χ4n) is 9.55. The molecule has 0 aliphatic heterocycles. The third kappa shape index (κ3) is 3.55. The van der Waals surface area contributed by atoms with Crippen molar-refractivity contribution in [2.75, 3.05) is 0 Å². The Balaban J connectivity index is 1.62. The van der Waals surface area contributed by atoms with Crippen molar-refractivity contribution in [2.24, 2.45) is 39.4 Å². The van der Waals surface area contributed by atoms with Crippen molar-refractivity contribution in [1.29, 1.82) is 0 Å². The van der Waals surface area contributed by atoms with Gasteiger partial charge in [0.25, 0.3) is 0 Å². The molecule has 8 atom stereocenters. The van der Waals surface area contributed by atoms with Gasteiger partial charge in [0.05, 0.1) is 11.7 Å². The molecule has 0 aromatic rings. The van der Waals surface area contributed by atoms with E-state index >= 15 is 0 Å². The van der Waals surface area contributed by atoms with Crippen LogP contribution in [0.5, 0.6) is 0 Å². The number of rotatable bonds is 5. The summed E-state index contributed by atoms with van der Waals surface area (Å²) in [7, 11) is 0. The molecule has 4 aliphatic rings. The van der Waals surface area contributed by atoms with E-state index in [1.807, 2.05) is 19.4 Å². The minimum absolute atomic E-state index is 0.0140. The molecule has 188 valence electrons. The maximum atomic E-state index is 10.8. The molecule has 2 fully saturated rings. The summed E-state index contributed by atoms with van der Waals surface area (Å²) in [6.45, 7) is 22.8. The quantitative estimate of drug-likeness (QED) is 0.414. The number of fused-ring (bicyclic) bond motifs is 4. The molecule has 2 N–H and O–H groups in total. The van der Waals surface area contributed by atoms with Crippen LogP contribution < -0.4 is 0 Å².